The molecule has 0 spiro atoms. The van der Waals surface area contributed by atoms with Gasteiger partial charge in [0.25, 0.3) is 5.91 Å². The second kappa shape index (κ2) is 9.01. The maximum Gasteiger partial charge on any atom is 0.264 e. The van der Waals surface area contributed by atoms with E-state index in [0.717, 1.165) is 27.9 Å². The van der Waals surface area contributed by atoms with Crippen molar-refractivity contribution >= 4 is 38.3 Å². The smallest absolute Gasteiger partial charge is 0.264 e. The topological polar surface area (TPSA) is 60.5 Å². The van der Waals surface area contributed by atoms with Gasteiger partial charge in [0.05, 0.1) is 17.3 Å². The predicted octanol–water partition coefficient (Wildman–Crippen LogP) is 5.16. The van der Waals surface area contributed by atoms with E-state index in [0.29, 0.717) is 10.9 Å². The van der Waals surface area contributed by atoms with Crippen LogP contribution in [0.4, 0.5) is 5.13 Å². The normalized spacial score (nSPS) is 10.5. The molecule has 3 rings (SSSR count). The quantitative estimate of drug-likeness (QED) is 0.544. The molecule has 27 heavy (non-hydrogen) atoms. The molecule has 0 bridgehead atoms. The lowest BCUT2D eigenvalue weighted by molar-refractivity contribution is -0.118. The minimum absolute atomic E-state index is 0.0896. The van der Waals surface area contributed by atoms with Gasteiger partial charge in [-0.1, -0.05) is 25.1 Å². The van der Waals surface area contributed by atoms with Crippen molar-refractivity contribution in [2.75, 3.05) is 19.0 Å². The Morgan fingerprint density at radius 1 is 1.22 bits per heavy atom. The van der Waals surface area contributed by atoms with Crippen LogP contribution in [-0.4, -0.2) is 24.6 Å². The summed E-state index contributed by atoms with van der Waals surface area (Å²) in [6.45, 7) is 2.00. The molecular formula is C20H19BrN2O3S. The summed E-state index contributed by atoms with van der Waals surface area (Å²) in [5.74, 6) is 1.11. The minimum atomic E-state index is -0.262. The van der Waals surface area contributed by atoms with Crippen molar-refractivity contribution in [3.63, 3.8) is 0 Å². The number of halogens is 1. The number of aromatic nitrogens is 1. The number of amides is 1. The number of carbonyl (C=O) groups is 1. The van der Waals surface area contributed by atoms with Gasteiger partial charge in [-0.25, -0.2) is 4.98 Å². The number of rotatable bonds is 7. The van der Waals surface area contributed by atoms with Crippen molar-refractivity contribution < 1.29 is 14.3 Å². The standard InChI is InChI=1S/C20H19BrN2O3S/c1-3-13-8-9-18(15(21)10-13)26-11-19(24)23-20-22-16(12-27-20)14-6-4-5-7-17(14)25-2/h4-10,12H,3,11H2,1-2H3,(H,22,23,24). The van der Waals surface area contributed by atoms with E-state index in [-0.39, 0.29) is 12.5 Å². The Hall–Kier alpha value is -2.38. The molecule has 0 atom stereocenters. The first-order valence-corrected chi connectivity index (χ1v) is 10.1. The molecule has 0 saturated heterocycles. The highest BCUT2D eigenvalue weighted by Gasteiger charge is 2.12. The summed E-state index contributed by atoms with van der Waals surface area (Å²) in [6, 6.07) is 13.5. The van der Waals surface area contributed by atoms with Crippen molar-refractivity contribution in [2.45, 2.75) is 13.3 Å². The molecule has 2 aromatic carbocycles. The van der Waals surface area contributed by atoms with Gasteiger partial charge in [-0.3, -0.25) is 10.1 Å². The Morgan fingerprint density at radius 2 is 2.04 bits per heavy atom. The fourth-order valence-electron chi connectivity index (χ4n) is 2.49. The van der Waals surface area contributed by atoms with Gasteiger partial charge < -0.3 is 9.47 Å². The zero-order chi connectivity index (χ0) is 19.2. The predicted molar refractivity (Wildman–Crippen MR) is 112 cm³/mol. The summed E-state index contributed by atoms with van der Waals surface area (Å²) in [7, 11) is 1.62. The third-order valence-corrected chi connectivity index (χ3v) is 5.27. The van der Waals surface area contributed by atoms with Crippen molar-refractivity contribution in [2.24, 2.45) is 0 Å². The number of ether oxygens (including phenoxy) is 2. The number of hydrogen-bond acceptors (Lipinski definition) is 5. The maximum atomic E-state index is 12.2. The highest BCUT2D eigenvalue weighted by atomic mass is 79.9. The van der Waals surface area contributed by atoms with Gasteiger partial charge in [0.1, 0.15) is 11.5 Å². The molecule has 1 heterocycles. The number of anilines is 1. The van der Waals surface area contributed by atoms with Crippen molar-refractivity contribution in [3.05, 3.63) is 57.9 Å². The van der Waals surface area contributed by atoms with Crippen LogP contribution in [0.15, 0.2) is 52.3 Å². The summed E-state index contributed by atoms with van der Waals surface area (Å²) in [6.07, 6.45) is 0.942. The SMILES string of the molecule is CCc1ccc(OCC(=O)Nc2nc(-c3ccccc3OC)cs2)c(Br)c1. The van der Waals surface area contributed by atoms with Gasteiger partial charge in [-0.05, 0) is 52.2 Å². The molecule has 1 aromatic heterocycles. The number of aryl methyl sites for hydroxylation is 1. The average Bonchev–Trinajstić information content (AvgIpc) is 3.15. The van der Waals surface area contributed by atoms with Crippen LogP contribution in [0.3, 0.4) is 0 Å². The lowest BCUT2D eigenvalue weighted by Gasteiger charge is -2.09. The van der Waals surface area contributed by atoms with Crippen LogP contribution in [0.5, 0.6) is 11.5 Å². The van der Waals surface area contributed by atoms with Crippen LogP contribution in [0.2, 0.25) is 0 Å². The summed E-state index contributed by atoms with van der Waals surface area (Å²) in [4.78, 5) is 16.6. The number of nitrogens with zero attached hydrogens (tertiary/aromatic N) is 1. The van der Waals surface area contributed by atoms with Crippen LogP contribution in [0.1, 0.15) is 12.5 Å². The van der Waals surface area contributed by atoms with Gasteiger partial charge >= 0.3 is 0 Å². The molecule has 7 heteroatoms. The molecule has 5 nitrogen and oxygen atoms in total. The largest absolute Gasteiger partial charge is 0.496 e. The highest BCUT2D eigenvalue weighted by Crippen LogP contribution is 2.32. The van der Waals surface area contributed by atoms with E-state index < -0.39 is 0 Å². The number of carbonyl (C=O) groups excluding carboxylic acids is 1. The van der Waals surface area contributed by atoms with Crippen LogP contribution in [0.25, 0.3) is 11.3 Å². The van der Waals surface area contributed by atoms with E-state index in [9.17, 15) is 4.79 Å². The van der Waals surface area contributed by atoms with Crippen molar-refractivity contribution in [1.29, 1.82) is 0 Å². The van der Waals surface area contributed by atoms with E-state index in [1.807, 2.05) is 47.8 Å². The minimum Gasteiger partial charge on any atom is -0.496 e. The first kappa shape index (κ1) is 19.4. The summed E-state index contributed by atoms with van der Waals surface area (Å²) in [5, 5.41) is 5.17. The van der Waals surface area contributed by atoms with E-state index in [4.69, 9.17) is 9.47 Å². The highest BCUT2D eigenvalue weighted by molar-refractivity contribution is 9.10. The third kappa shape index (κ3) is 4.87. The monoisotopic (exact) mass is 446 g/mol. The number of methoxy groups -OCH3 is 1. The fourth-order valence-corrected chi connectivity index (χ4v) is 3.76. The zero-order valence-electron chi connectivity index (χ0n) is 15.0. The Kier molecular flexibility index (Phi) is 6.47. The molecule has 3 aromatic rings. The van der Waals surface area contributed by atoms with Gasteiger partial charge in [0, 0.05) is 10.9 Å². The molecule has 140 valence electrons. The van der Waals surface area contributed by atoms with Crippen LogP contribution in [-0.2, 0) is 11.2 Å². The molecule has 0 aliphatic heterocycles. The van der Waals surface area contributed by atoms with Gasteiger partial charge in [-0.2, -0.15) is 0 Å². The molecular weight excluding hydrogens is 428 g/mol. The molecule has 0 aliphatic rings. The lowest BCUT2D eigenvalue weighted by Crippen LogP contribution is -2.20. The number of para-hydroxylation sites is 1. The number of hydrogen-bond donors (Lipinski definition) is 1. The molecule has 0 fully saturated rings. The Bertz CT molecular complexity index is 942. The van der Waals surface area contributed by atoms with E-state index in [1.54, 1.807) is 7.11 Å². The first-order valence-electron chi connectivity index (χ1n) is 8.40. The number of thiazole rings is 1. The number of benzene rings is 2. The van der Waals surface area contributed by atoms with Crippen molar-refractivity contribution in [1.82, 2.24) is 4.98 Å². The summed E-state index contributed by atoms with van der Waals surface area (Å²) < 4.78 is 11.8. The second-order valence-electron chi connectivity index (χ2n) is 5.69. The average molecular weight is 447 g/mol. The van der Waals surface area contributed by atoms with Gasteiger partial charge in [0.2, 0.25) is 0 Å². The third-order valence-electron chi connectivity index (χ3n) is 3.90. The summed E-state index contributed by atoms with van der Waals surface area (Å²) in [5.41, 5.74) is 2.84. The van der Waals surface area contributed by atoms with E-state index in [1.165, 1.54) is 16.9 Å². The molecule has 1 amide bonds. The molecule has 0 unspecified atom stereocenters. The van der Waals surface area contributed by atoms with E-state index in [2.05, 4.69) is 33.2 Å². The van der Waals surface area contributed by atoms with Crippen LogP contribution < -0.4 is 14.8 Å². The van der Waals surface area contributed by atoms with E-state index >= 15 is 0 Å². The Balaban J connectivity index is 1.61. The van der Waals surface area contributed by atoms with Crippen LogP contribution in [0, 0.1) is 0 Å². The fraction of sp³-hybridized carbons (Fsp3) is 0.200. The number of nitrogens with one attached hydrogen (secondary N) is 1. The molecule has 1 N–H and O–H groups in total. The Morgan fingerprint density at radius 3 is 2.78 bits per heavy atom. The first-order chi connectivity index (χ1) is 13.1. The lowest BCUT2D eigenvalue weighted by atomic mass is 10.1. The summed E-state index contributed by atoms with van der Waals surface area (Å²) >= 11 is 4.83. The molecule has 0 aliphatic carbocycles. The molecule has 0 saturated carbocycles. The van der Waals surface area contributed by atoms with Crippen molar-refractivity contribution in [3.8, 4) is 22.8 Å². The molecule has 0 radical (unpaired) electrons. The zero-order valence-corrected chi connectivity index (χ0v) is 17.4. The maximum absolute atomic E-state index is 12.2. The van der Waals surface area contributed by atoms with Gasteiger partial charge in [0.15, 0.2) is 11.7 Å². The van der Waals surface area contributed by atoms with Crippen LogP contribution >= 0.6 is 27.3 Å². The van der Waals surface area contributed by atoms with Gasteiger partial charge in [-0.15, -0.1) is 11.3 Å². The Labute approximate surface area is 170 Å². The second-order valence-corrected chi connectivity index (χ2v) is 7.41.